The van der Waals surface area contributed by atoms with Gasteiger partial charge in [-0.2, -0.15) is 18.8 Å². The van der Waals surface area contributed by atoms with Crippen LogP contribution in [0.1, 0.15) is 5.56 Å². The maximum atomic E-state index is 11.3. The highest BCUT2D eigenvalue weighted by atomic mass is 32.2. The number of benzene rings is 3. The largest absolute Gasteiger partial charge is 0.398 e. The first-order valence-corrected chi connectivity index (χ1v) is 8.54. The van der Waals surface area contributed by atoms with E-state index in [1.165, 1.54) is 18.2 Å². The molecular weight excluding hydrogens is 340 g/mol. The Morgan fingerprint density at radius 1 is 1.00 bits per heavy atom. The van der Waals surface area contributed by atoms with Crippen molar-refractivity contribution in [1.29, 1.82) is 5.26 Å². The van der Waals surface area contributed by atoms with Crippen LogP contribution in [0.2, 0.25) is 0 Å². The molecular formula is C17H12N4O3S. The third kappa shape index (κ3) is 3.47. The number of nitrogens with two attached hydrogens (primary N) is 1. The lowest BCUT2D eigenvalue weighted by Crippen LogP contribution is -1.98. The summed E-state index contributed by atoms with van der Waals surface area (Å²) in [5.41, 5.74) is 7.71. The van der Waals surface area contributed by atoms with Gasteiger partial charge in [0.15, 0.2) is 0 Å². The number of hydrogen-bond acceptors (Lipinski definition) is 6. The van der Waals surface area contributed by atoms with Gasteiger partial charge in [0.1, 0.15) is 0 Å². The van der Waals surface area contributed by atoms with E-state index >= 15 is 0 Å². The molecule has 0 amide bonds. The topological polar surface area (TPSA) is 129 Å². The van der Waals surface area contributed by atoms with E-state index in [0.29, 0.717) is 33.4 Å². The second kappa shape index (κ2) is 6.32. The molecule has 0 aliphatic rings. The van der Waals surface area contributed by atoms with Gasteiger partial charge in [-0.3, -0.25) is 4.55 Å². The van der Waals surface area contributed by atoms with E-state index in [1.807, 2.05) is 6.07 Å². The minimum Gasteiger partial charge on any atom is -0.398 e. The Labute approximate surface area is 143 Å². The van der Waals surface area contributed by atoms with Gasteiger partial charge in [0, 0.05) is 16.5 Å². The van der Waals surface area contributed by atoms with Gasteiger partial charge in [-0.05, 0) is 42.5 Å². The molecule has 0 aromatic heterocycles. The van der Waals surface area contributed by atoms with Crippen LogP contribution in [0.15, 0.2) is 69.7 Å². The minimum absolute atomic E-state index is 0.248. The normalized spacial score (nSPS) is 11.7. The summed E-state index contributed by atoms with van der Waals surface area (Å²) < 4.78 is 31.8. The Balaban J connectivity index is 2.09. The summed E-state index contributed by atoms with van der Waals surface area (Å²) in [7, 11) is -4.33. The number of azo groups is 1. The first kappa shape index (κ1) is 16.6. The molecule has 8 heteroatoms. The van der Waals surface area contributed by atoms with Gasteiger partial charge in [0.05, 0.1) is 27.9 Å². The van der Waals surface area contributed by atoms with E-state index in [4.69, 9.17) is 11.0 Å². The van der Waals surface area contributed by atoms with Crippen LogP contribution < -0.4 is 5.73 Å². The average Bonchev–Trinajstić information content (AvgIpc) is 2.60. The molecule has 7 nitrogen and oxygen atoms in total. The van der Waals surface area contributed by atoms with Crippen molar-refractivity contribution in [2.45, 2.75) is 4.90 Å². The highest BCUT2D eigenvalue weighted by molar-refractivity contribution is 7.85. The summed E-state index contributed by atoms with van der Waals surface area (Å²) in [5.74, 6) is 0. The van der Waals surface area contributed by atoms with Crippen molar-refractivity contribution in [1.82, 2.24) is 0 Å². The maximum absolute atomic E-state index is 11.3. The van der Waals surface area contributed by atoms with Crippen molar-refractivity contribution < 1.29 is 13.0 Å². The van der Waals surface area contributed by atoms with E-state index < -0.39 is 10.1 Å². The van der Waals surface area contributed by atoms with Crippen molar-refractivity contribution in [2.75, 3.05) is 5.73 Å². The number of nitriles is 1. The van der Waals surface area contributed by atoms with Crippen LogP contribution in [0.3, 0.4) is 0 Å². The summed E-state index contributed by atoms with van der Waals surface area (Å²) in [5, 5.41) is 18.2. The Bertz CT molecular complexity index is 1150. The van der Waals surface area contributed by atoms with Crippen LogP contribution in [0, 0.1) is 11.3 Å². The summed E-state index contributed by atoms with van der Waals surface area (Å²) in [6.07, 6.45) is 0. The van der Waals surface area contributed by atoms with E-state index in [9.17, 15) is 13.0 Å². The standard InChI is InChI=1S/C17H12N4O3S/c18-10-11-2-1-3-12(8-11)20-21-17-7-6-16(19)15-9-13(25(22,23)24)4-5-14(15)17/h1-9H,19H2,(H,22,23,24). The molecule has 0 aliphatic heterocycles. The molecule has 0 heterocycles. The summed E-state index contributed by atoms with van der Waals surface area (Å²) in [6, 6.07) is 16.0. The van der Waals surface area contributed by atoms with Crippen molar-refractivity contribution in [3.63, 3.8) is 0 Å². The van der Waals surface area contributed by atoms with Crippen LogP contribution in [-0.2, 0) is 10.1 Å². The van der Waals surface area contributed by atoms with Crippen LogP contribution in [0.25, 0.3) is 10.8 Å². The van der Waals surface area contributed by atoms with E-state index in [-0.39, 0.29) is 4.90 Å². The van der Waals surface area contributed by atoms with Gasteiger partial charge < -0.3 is 5.73 Å². The zero-order valence-electron chi connectivity index (χ0n) is 12.8. The molecule has 124 valence electrons. The molecule has 0 atom stereocenters. The fraction of sp³-hybridized carbons (Fsp3) is 0. The zero-order chi connectivity index (χ0) is 18.0. The third-order valence-electron chi connectivity index (χ3n) is 3.55. The van der Waals surface area contributed by atoms with Crippen LogP contribution in [0.4, 0.5) is 17.1 Å². The zero-order valence-corrected chi connectivity index (χ0v) is 13.6. The molecule has 3 N–H and O–H groups in total. The van der Waals surface area contributed by atoms with Gasteiger partial charge in [-0.15, -0.1) is 5.11 Å². The van der Waals surface area contributed by atoms with Gasteiger partial charge in [-0.25, -0.2) is 0 Å². The number of rotatable bonds is 3. The van der Waals surface area contributed by atoms with E-state index in [0.717, 1.165) is 0 Å². The summed E-state index contributed by atoms with van der Waals surface area (Å²) in [4.78, 5) is -0.248. The molecule has 0 fully saturated rings. The monoisotopic (exact) mass is 352 g/mol. The molecule has 0 unspecified atom stereocenters. The average molecular weight is 352 g/mol. The number of nitrogen functional groups attached to an aromatic ring is 1. The van der Waals surface area contributed by atoms with E-state index in [1.54, 1.807) is 36.4 Å². The molecule has 0 saturated heterocycles. The predicted octanol–water partition coefficient (Wildman–Crippen LogP) is 3.96. The number of hydrogen-bond donors (Lipinski definition) is 2. The van der Waals surface area contributed by atoms with Crippen LogP contribution in [0.5, 0.6) is 0 Å². The lowest BCUT2D eigenvalue weighted by atomic mass is 10.1. The Kier molecular flexibility index (Phi) is 4.19. The lowest BCUT2D eigenvalue weighted by Gasteiger charge is -2.06. The number of nitrogens with zero attached hydrogens (tertiary/aromatic N) is 3. The summed E-state index contributed by atoms with van der Waals surface area (Å²) in [6.45, 7) is 0. The van der Waals surface area contributed by atoms with Gasteiger partial charge in [-0.1, -0.05) is 12.1 Å². The first-order chi connectivity index (χ1) is 11.9. The fourth-order valence-electron chi connectivity index (χ4n) is 2.33. The smallest absolute Gasteiger partial charge is 0.294 e. The molecule has 0 bridgehead atoms. The molecule has 0 saturated carbocycles. The molecule has 3 aromatic rings. The Morgan fingerprint density at radius 3 is 2.52 bits per heavy atom. The van der Waals surface area contributed by atoms with Crippen molar-refractivity contribution in [3.05, 3.63) is 60.2 Å². The lowest BCUT2D eigenvalue weighted by molar-refractivity contribution is 0.483. The molecule has 0 radical (unpaired) electrons. The molecule has 0 aliphatic carbocycles. The van der Waals surface area contributed by atoms with Gasteiger partial charge in [0.2, 0.25) is 0 Å². The third-order valence-corrected chi connectivity index (χ3v) is 4.39. The van der Waals surface area contributed by atoms with Gasteiger partial charge >= 0.3 is 0 Å². The van der Waals surface area contributed by atoms with E-state index in [2.05, 4.69) is 10.2 Å². The second-order valence-corrected chi connectivity index (χ2v) is 6.64. The Morgan fingerprint density at radius 2 is 1.80 bits per heavy atom. The van der Waals surface area contributed by atoms with Gasteiger partial charge in [0.25, 0.3) is 10.1 Å². The number of anilines is 1. The highest BCUT2D eigenvalue weighted by Gasteiger charge is 2.12. The van der Waals surface area contributed by atoms with Crippen LogP contribution >= 0.6 is 0 Å². The van der Waals surface area contributed by atoms with Crippen molar-refractivity contribution in [2.24, 2.45) is 10.2 Å². The predicted molar refractivity (Wildman–Crippen MR) is 93.5 cm³/mol. The highest BCUT2D eigenvalue weighted by Crippen LogP contribution is 2.33. The minimum atomic E-state index is -4.33. The fourth-order valence-corrected chi connectivity index (χ4v) is 2.84. The number of fused-ring (bicyclic) bond motifs is 1. The molecule has 3 rings (SSSR count). The van der Waals surface area contributed by atoms with Crippen molar-refractivity contribution >= 4 is 38.0 Å². The summed E-state index contributed by atoms with van der Waals surface area (Å²) >= 11 is 0. The van der Waals surface area contributed by atoms with Crippen molar-refractivity contribution in [3.8, 4) is 6.07 Å². The quantitative estimate of drug-likeness (QED) is 0.419. The molecule has 3 aromatic carbocycles. The molecule has 0 spiro atoms. The Hall–Kier alpha value is -3.28. The molecule has 25 heavy (non-hydrogen) atoms. The second-order valence-electron chi connectivity index (χ2n) is 5.22. The first-order valence-electron chi connectivity index (χ1n) is 7.10. The maximum Gasteiger partial charge on any atom is 0.294 e. The SMILES string of the molecule is N#Cc1cccc(N=Nc2ccc(N)c3cc(S(=O)(=O)O)ccc23)c1. The van der Waals surface area contributed by atoms with Crippen LogP contribution in [-0.4, -0.2) is 13.0 Å².